The molecule has 8 nitrogen and oxygen atoms in total. The van der Waals surface area contributed by atoms with Crippen LogP contribution in [0.25, 0.3) is 0 Å². The third-order valence-electron chi connectivity index (χ3n) is 4.68. The van der Waals surface area contributed by atoms with Crippen molar-refractivity contribution in [2.75, 3.05) is 40.0 Å². The monoisotopic (exact) mass is 440 g/mol. The van der Waals surface area contributed by atoms with Crippen molar-refractivity contribution in [2.24, 2.45) is 10.9 Å². The average molecular weight is 441 g/mol. The van der Waals surface area contributed by atoms with E-state index in [2.05, 4.69) is 20.3 Å². The summed E-state index contributed by atoms with van der Waals surface area (Å²) in [6.45, 7) is 7.98. The van der Waals surface area contributed by atoms with Crippen molar-refractivity contribution in [3.63, 3.8) is 0 Å². The SMILES string of the molecule is CN=C(NCCCOCC1CCOC1)NCc1ccccc1CS(=O)(=O)NC(C)C. The van der Waals surface area contributed by atoms with Gasteiger partial charge in [-0.3, -0.25) is 4.99 Å². The van der Waals surface area contributed by atoms with Crippen LogP contribution in [0.4, 0.5) is 0 Å². The van der Waals surface area contributed by atoms with Gasteiger partial charge in [-0.15, -0.1) is 0 Å². The Balaban J connectivity index is 1.73. The Bertz CT molecular complexity index is 762. The molecule has 1 unspecified atom stereocenters. The second kappa shape index (κ2) is 12.9. The first-order chi connectivity index (χ1) is 14.4. The lowest BCUT2D eigenvalue weighted by molar-refractivity contribution is 0.0888. The molecule has 0 amide bonds. The highest BCUT2D eigenvalue weighted by molar-refractivity contribution is 7.88. The van der Waals surface area contributed by atoms with Crippen LogP contribution in [0.5, 0.6) is 0 Å². The summed E-state index contributed by atoms with van der Waals surface area (Å²) in [5.41, 5.74) is 1.70. The average Bonchev–Trinajstić information content (AvgIpc) is 3.20. The van der Waals surface area contributed by atoms with E-state index in [4.69, 9.17) is 9.47 Å². The maximum Gasteiger partial charge on any atom is 0.216 e. The van der Waals surface area contributed by atoms with Gasteiger partial charge in [0.15, 0.2) is 5.96 Å². The normalized spacial score (nSPS) is 17.5. The molecule has 3 N–H and O–H groups in total. The van der Waals surface area contributed by atoms with Crippen molar-refractivity contribution in [3.05, 3.63) is 35.4 Å². The van der Waals surface area contributed by atoms with Crippen LogP contribution in [-0.4, -0.2) is 60.4 Å². The van der Waals surface area contributed by atoms with Gasteiger partial charge in [0, 0.05) is 45.3 Å². The summed E-state index contributed by atoms with van der Waals surface area (Å²) in [6, 6.07) is 7.42. The zero-order valence-electron chi connectivity index (χ0n) is 18.3. The Kier molecular flexibility index (Phi) is 10.6. The molecule has 2 rings (SSSR count). The van der Waals surface area contributed by atoms with Gasteiger partial charge in [0.25, 0.3) is 0 Å². The van der Waals surface area contributed by atoms with Crippen LogP contribution in [0.1, 0.15) is 37.8 Å². The minimum absolute atomic E-state index is 0.0432. The predicted octanol–water partition coefficient (Wildman–Crippen LogP) is 1.62. The molecule has 9 heteroatoms. The number of guanidine groups is 1. The van der Waals surface area contributed by atoms with Gasteiger partial charge in [0.1, 0.15) is 0 Å². The molecule has 0 bridgehead atoms. The van der Waals surface area contributed by atoms with Gasteiger partial charge in [0.05, 0.1) is 19.0 Å². The maximum absolute atomic E-state index is 12.3. The summed E-state index contributed by atoms with van der Waals surface area (Å²) in [5, 5.41) is 6.52. The first kappa shape index (κ1) is 24.6. The lowest BCUT2D eigenvalue weighted by Gasteiger charge is -2.15. The summed E-state index contributed by atoms with van der Waals surface area (Å²) in [4.78, 5) is 4.23. The number of sulfonamides is 1. The van der Waals surface area contributed by atoms with Gasteiger partial charge in [0.2, 0.25) is 10.0 Å². The van der Waals surface area contributed by atoms with Gasteiger partial charge < -0.3 is 20.1 Å². The number of hydrogen-bond acceptors (Lipinski definition) is 5. The molecule has 0 saturated carbocycles. The van der Waals surface area contributed by atoms with Crippen molar-refractivity contribution in [3.8, 4) is 0 Å². The number of aliphatic imine (C=N–C) groups is 1. The first-order valence-electron chi connectivity index (χ1n) is 10.6. The Hall–Kier alpha value is -1.68. The van der Waals surface area contributed by atoms with E-state index in [0.29, 0.717) is 25.0 Å². The highest BCUT2D eigenvalue weighted by Crippen LogP contribution is 2.13. The summed E-state index contributed by atoms with van der Waals surface area (Å²) in [6.07, 6.45) is 1.97. The van der Waals surface area contributed by atoms with E-state index in [-0.39, 0.29) is 11.8 Å². The number of rotatable bonds is 12. The molecule has 170 valence electrons. The van der Waals surface area contributed by atoms with Crippen LogP contribution in [0.3, 0.4) is 0 Å². The standard InChI is InChI=1S/C21H36N4O4S/c1-17(2)25-30(26,27)16-20-8-5-4-7-19(20)13-24-21(22-3)23-10-6-11-28-14-18-9-12-29-15-18/h4-5,7-8,17-18,25H,6,9-16H2,1-3H3,(H2,22,23,24). The summed E-state index contributed by atoms with van der Waals surface area (Å²) < 4.78 is 38.2. The molecule has 1 aliphatic rings. The lowest BCUT2D eigenvalue weighted by atomic mass is 10.1. The molecular formula is C21H36N4O4S. The third-order valence-corrected chi connectivity index (χ3v) is 6.21. The summed E-state index contributed by atoms with van der Waals surface area (Å²) in [7, 11) is -1.66. The van der Waals surface area contributed by atoms with E-state index in [1.54, 1.807) is 7.05 Å². The molecule has 0 radical (unpaired) electrons. The maximum atomic E-state index is 12.3. The van der Waals surface area contributed by atoms with Crippen molar-refractivity contribution in [2.45, 2.75) is 45.0 Å². The highest BCUT2D eigenvalue weighted by Gasteiger charge is 2.16. The molecule has 1 heterocycles. The smallest absolute Gasteiger partial charge is 0.216 e. The molecule has 0 aromatic heterocycles. The van der Waals surface area contributed by atoms with Crippen LogP contribution in [0.2, 0.25) is 0 Å². The highest BCUT2D eigenvalue weighted by atomic mass is 32.2. The summed E-state index contributed by atoms with van der Waals surface area (Å²) >= 11 is 0. The molecule has 1 fully saturated rings. The molecule has 0 spiro atoms. The lowest BCUT2D eigenvalue weighted by Crippen LogP contribution is -2.38. The minimum Gasteiger partial charge on any atom is -0.381 e. The van der Waals surface area contributed by atoms with Crippen LogP contribution in [0.15, 0.2) is 29.3 Å². The van der Waals surface area contributed by atoms with Crippen LogP contribution in [-0.2, 0) is 31.8 Å². The van der Waals surface area contributed by atoms with Gasteiger partial charge in [-0.1, -0.05) is 24.3 Å². The Morgan fingerprint density at radius 1 is 1.27 bits per heavy atom. The van der Waals surface area contributed by atoms with Gasteiger partial charge in [-0.25, -0.2) is 13.1 Å². The van der Waals surface area contributed by atoms with Crippen molar-refractivity contribution >= 4 is 16.0 Å². The van der Waals surface area contributed by atoms with Crippen LogP contribution in [0, 0.1) is 5.92 Å². The minimum atomic E-state index is -3.38. The molecular weight excluding hydrogens is 404 g/mol. The van der Waals surface area contributed by atoms with Crippen molar-refractivity contribution in [1.82, 2.24) is 15.4 Å². The zero-order chi connectivity index (χ0) is 21.8. The zero-order valence-corrected chi connectivity index (χ0v) is 19.1. The van der Waals surface area contributed by atoms with Gasteiger partial charge >= 0.3 is 0 Å². The van der Waals surface area contributed by atoms with E-state index >= 15 is 0 Å². The third kappa shape index (κ3) is 9.42. The fourth-order valence-electron chi connectivity index (χ4n) is 3.22. The Labute approximate surface area is 180 Å². The number of nitrogens with zero attached hydrogens (tertiary/aromatic N) is 1. The number of ether oxygens (including phenoxy) is 2. The second-order valence-electron chi connectivity index (χ2n) is 7.81. The van der Waals surface area contributed by atoms with Crippen molar-refractivity contribution < 1.29 is 17.9 Å². The number of nitrogens with one attached hydrogen (secondary N) is 3. The first-order valence-corrected chi connectivity index (χ1v) is 12.2. The van der Waals surface area contributed by atoms with Crippen LogP contribution >= 0.6 is 0 Å². The Morgan fingerprint density at radius 3 is 2.70 bits per heavy atom. The molecule has 1 saturated heterocycles. The summed E-state index contributed by atoms with van der Waals surface area (Å²) in [5.74, 6) is 1.17. The molecule has 0 aliphatic carbocycles. The van der Waals surface area contributed by atoms with Crippen LogP contribution < -0.4 is 15.4 Å². The second-order valence-corrected chi connectivity index (χ2v) is 9.56. The van der Waals surface area contributed by atoms with Crippen molar-refractivity contribution in [1.29, 1.82) is 0 Å². The molecule has 30 heavy (non-hydrogen) atoms. The topological polar surface area (TPSA) is 101 Å². The van der Waals surface area contributed by atoms with Gasteiger partial charge in [-0.05, 0) is 37.8 Å². The van der Waals surface area contributed by atoms with E-state index in [0.717, 1.165) is 50.3 Å². The molecule has 1 aliphatic heterocycles. The van der Waals surface area contributed by atoms with E-state index < -0.39 is 10.0 Å². The fourth-order valence-corrected chi connectivity index (χ4v) is 4.71. The van der Waals surface area contributed by atoms with E-state index in [1.165, 1.54) is 0 Å². The molecule has 1 aromatic rings. The molecule has 1 aromatic carbocycles. The van der Waals surface area contributed by atoms with Gasteiger partial charge in [-0.2, -0.15) is 0 Å². The number of benzene rings is 1. The predicted molar refractivity (Wildman–Crippen MR) is 120 cm³/mol. The molecule has 1 atom stereocenters. The van der Waals surface area contributed by atoms with E-state index in [1.807, 2.05) is 38.1 Å². The largest absolute Gasteiger partial charge is 0.381 e. The quantitative estimate of drug-likeness (QED) is 0.259. The number of hydrogen-bond donors (Lipinski definition) is 3. The Morgan fingerprint density at radius 2 is 2.03 bits per heavy atom. The fraction of sp³-hybridized carbons (Fsp3) is 0.667. The van der Waals surface area contributed by atoms with E-state index in [9.17, 15) is 8.42 Å².